The van der Waals surface area contributed by atoms with Crippen LogP contribution in [0, 0.1) is 6.92 Å². The van der Waals surface area contributed by atoms with Gasteiger partial charge in [-0.25, -0.2) is 0 Å². The Balaban J connectivity index is 1.87. The number of aryl methyl sites for hydroxylation is 1. The summed E-state index contributed by atoms with van der Waals surface area (Å²) in [5, 5.41) is 5.43. The summed E-state index contributed by atoms with van der Waals surface area (Å²) in [5.74, 6) is -1.43. The second kappa shape index (κ2) is 6.44. The smallest absolute Gasteiger partial charge is 0.261 e. The average molecular weight is 351 g/mol. The normalized spacial score (nSPS) is 12.8. The van der Waals surface area contributed by atoms with E-state index in [4.69, 9.17) is 0 Å². The third-order valence-electron chi connectivity index (χ3n) is 4.16. The lowest BCUT2D eigenvalue weighted by atomic mass is 10.0. The molecule has 0 unspecified atom stereocenters. The van der Waals surface area contributed by atoms with Crippen molar-refractivity contribution in [2.24, 2.45) is 0 Å². The van der Waals surface area contributed by atoms with Crippen molar-refractivity contribution < 1.29 is 19.2 Å². The van der Waals surface area contributed by atoms with E-state index in [1.165, 1.54) is 32.2 Å². The second-order valence-corrected chi connectivity index (χ2v) is 6.09. The monoisotopic (exact) mass is 351 g/mol. The maximum Gasteiger partial charge on any atom is 0.261 e. The number of carbonyl (C=O) groups is 4. The molecule has 0 fully saturated rings. The van der Waals surface area contributed by atoms with Crippen LogP contribution in [0.25, 0.3) is 0 Å². The van der Waals surface area contributed by atoms with Gasteiger partial charge in [0.05, 0.1) is 11.1 Å². The Morgan fingerprint density at radius 1 is 0.923 bits per heavy atom. The van der Waals surface area contributed by atoms with Crippen molar-refractivity contribution in [2.45, 2.75) is 13.8 Å². The minimum atomic E-state index is -0.427. The zero-order valence-corrected chi connectivity index (χ0v) is 14.5. The fourth-order valence-electron chi connectivity index (χ4n) is 2.73. The fourth-order valence-corrected chi connectivity index (χ4v) is 2.73. The van der Waals surface area contributed by atoms with E-state index in [9.17, 15) is 19.2 Å². The highest BCUT2D eigenvalue weighted by molar-refractivity contribution is 6.22. The molecule has 26 heavy (non-hydrogen) atoms. The van der Waals surface area contributed by atoms with E-state index >= 15 is 0 Å². The summed E-state index contributed by atoms with van der Waals surface area (Å²) in [4.78, 5) is 48.8. The quantitative estimate of drug-likeness (QED) is 0.830. The van der Waals surface area contributed by atoms with Gasteiger partial charge in [0.1, 0.15) is 0 Å². The van der Waals surface area contributed by atoms with Gasteiger partial charge in [-0.1, -0.05) is 6.07 Å². The molecule has 132 valence electrons. The van der Waals surface area contributed by atoms with Crippen LogP contribution in [-0.4, -0.2) is 35.6 Å². The van der Waals surface area contributed by atoms with Crippen LogP contribution in [0.2, 0.25) is 0 Å². The lowest BCUT2D eigenvalue weighted by Gasteiger charge is -2.11. The highest BCUT2D eigenvalue weighted by Crippen LogP contribution is 2.24. The van der Waals surface area contributed by atoms with E-state index in [0.717, 1.165) is 10.5 Å². The number of nitrogens with one attached hydrogen (secondary N) is 2. The third kappa shape index (κ3) is 3.06. The van der Waals surface area contributed by atoms with Crippen LogP contribution < -0.4 is 10.6 Å². The Morgan fingerprint density at radius 2 is 1.62 bits per heavy atom. The number of fused-ring (bicyclic) bond motifs is 1. The molecule has 2 aromatic rings. The molecule has 3 rings (SSSR count). The van der Waals surface area contributed by atoms with Crippen LogP contribution in [0.5, 0.6) is 0 Å². The number of amides is 4. The summed E-state index contributed by atoms with van der Waals surface area (Å²) in [6.45, 7) is 3.23. The van der Waals surface area contributed by atoms with Crippen LogP contribution in [0.1, 0.15) is 43.6 Å². The van der Waals surface area contributed by atoms with E-state index in [1.807, 2.05) is 6.92 Å². The van der Waals surface area contributed by atoms with Crippen molar-refractivity contribution >= 4 is 35.0 Å². The summed E-state index contributed by atoms with van der Waals surface area (Å²) in [6.07, 6.45) is 0. The number of carbonyl (C=O) groups excluding carboxylic acids is 4. The van der Waals surface area contributed by atoms with Crippen molar-refractivity contribution in [2.75, 3.05) is 17.7 Å². The molecule has 0 bridgehead atoms. The van der Waals surface area contributed by atoms with Gasteiger partial charge in [-0.2, -0.15) is 0 Å². The highest BCUT2D eigenvalue weighted by atomic mass is 16.2. The topological polar surface area (TPSA) is 95.6 Å². The molecular weight excluding hydrogens is 334 g/mol. The van der Waals surface area contributed by atoms with Crippen molar-refractivity contribution in [3.63, 3.8) is 0 Å². The summed E-state index contributed by atoms with van der Waals surface area (Å²) >= 11 is 0. The number of rotatable bonds is 3. The zero-order chi connectivity index (χ0) is 19.0. The number of imide groups is 1. The maximum absolute atomic E-state index is 12.6. The molecule has 1 aliphatic heterocycles. The Kier molecular flexibility index (Phi) is 4.29. The molecule has 0 spiro atoms. The molecule has 4 amide bonds. The van der Waals surface area contributed by atoms with Gasteiger partial charge in [-0.3, -0.25) is 24.1 Å². The van der Waals surface area contributed by atoms with Gasteiger partial charge in [0.2, 0.25) is 5.91 Å². The van der Waals surface area contributed by atoms with E-state index < -0.39 is 11.8 Å². The van der Waals surface area contributed by atoms with Gasteiger partial charge in [-0.15, -0.1) is 0 Å². The standard InChI is InChI=1S/C19H17N3O4/c1-10-4-6-13(20-11(2)23)9-16(10)21-17(24)12-5-7-14-15(8-12)19(26)22(3)18(14)25/h4-9H,1-3H3,(H,20,23)(H,21,24). The van der Waals surface area contributed by atoms with Crippen molar-refractivity contribution in [1.82, 2.24) is 4.90 Å². The van der Waals surface area contributed by atoms with Gasteiger partial charge in [0.15, 0.2) is 0 Å². The minimum Gasteiger partial charge on any atom is -0.326 e. The number of hydrogen-bond donors (Lipinski definition) is 2. The van der Waals surface area contributed by atoms with Crippen LogP contribution in [0.4, 0.5) is 11.4 Å². The second-order valence-electron chi connectivity index (χ2n) is 6.09. The average Bonchev–Trinajstić information content (AvgIpc) is 2.81. The molecule has 2 N–H and O–H groups in total. The summed E-state index contributed by atoms with van der Waals surface area (Å²) in [6, 6.07) is 9.58. The Labute approximate surface area is 150 Å². The SMILES string of the molecule is CC(=O)Nc1ccc(C)c(NC(=O)c2ccc3c(c2)C(=O)N(C)C3=O)c1. The number of nitrogens with zero attached hydrogens (tertiary/aromatic N) is 1. The molecule has 2 aromatic carbocycles. The molecule has 1 aliphatic rings. The van der Waals surface area contributed by atoms with Crippen LogP contribution in [-0.2, 0) is 4.79 Å². The lowest BCUT2D eigenvalue weighted by molar-refractivity contribution is -0.114. The Morgan fingerprint density at radius 3 is 2.31 bits per heavy atom. The fraction of sp³-hybridized carbons (Fsp3) is 0.158. The highest BCUT2D eigenvalue weighted by Gasteiger charge is 2.33. The summed E-state index contributed by atoms with van der Waals surface area (Å²) in [7, 11) is 1.40. The molecule has 7 nitrogen and oxygen atoms in total. The number of hydrogen-bond acceptors (Lipinski definition) is 4. The van der Waals surface area contributed by atoms with Gasteiger partial charge < -0.3 is 10.6 Å². The first-order valence-corrected chi connectivity index (χ1v) is 7.94. The molecule has 0 radical (unpaired) electrons. The molecule has 1 heterocycles. The minimum absolute atomic E-state index is 0.211. The molecule has 0 aromatic heterocycles. The maximum atomic E-state index is 12.6. The predicted molar refractivity (Wildman–Crippen MR) is 96.3 cm³/mol. The number of benzene rings is 2. The Hall–Kier alpha value is -3.48. The number of anilines is 2. The summed E-state index contributed by atoms with van der Waals surface area (Å²) in [5.41, 5.74) is 2.70. The zero-order valence-electron chi connectivity index (χ0n) is 14.5. The first-order valence-electron chi connectivity index (χ1n) is 7.94. The largest absolute Gasteiger partial charge is 0.326 e. The van der Waals surface area contributed by atoms with E-state index in [2.05, 4.69) is 10.6 Å². The van der Waals surface area contributed by atoms with Crippen LogP contribution in [0.15, 0.2) is 36.4 Å². The third-order valence-corrected chi connectivity index (χ3v) is 4.16. The molecule has 0 aliphatic carbocycles. The first-order chi connectivity index (χ1) is 12.3. The van der Waals surface area contributed by atoms with Crippen molar-refractivity contribution in [3.8, 4) is 0 Å². The van der Waals surface area contributed by atoms with Gasteiger partial charge in [-0.05, 0) is 42.8 Å². The van der Waals surface area contributed by atoms with Crippen LogP contribution in [0.3, 0.4) is 0 Å². The van der Waals surface area contributed by atoms with Crippen LogP contribution >= 0.6 is 0 Å². The molecule has 0 saturated carbocycles. The van der Waals surface area contributed by atoms with Gasteiger partial charge in [0, 0.05) is 30.9 Å². The summed E-state index contributed by atoms with van der Waals surface area (Å²) < 4.78 is 0. The van der Waals surface area contributed by atoms with Gasteiger partial charge in [0.25, 0.3) is 17.7 Å². The van der Waals surface area contributed by atoms with Crippen molar-refractivity contribution in [3.05, 3.63) is 58.7 Å². The molecule has 0 atom stereocenters. The Bertz CT molecular complexity index is 965. The van der Waals surface area contributed by atoms with E-state index in [1.54, 1.807) is 18.2 Å². The predicted octanol–water partition coefficient (Wildman–Crippen LogP) is 2.43. The molecular formula is C19H17N3O4. The lowest BCUT2D eigenvalue weighted by Crippen LogP contribution is -2.24. The van der Waals surface area contributed by atoms with Crippen molar-refractivity contribution in [1.29, 1.82) is 0 Å². The first kappa shape index (κ1) is 17.3. The molecule has 7 heteroatoms. The van der Waals surface area contributed by atoms with E-state index in [-0.39, 0.29) is 28.5 Å². The molecule has 0 saturated heterocycles. The van der Waals surface area contributed by atoms with Gasteiger partial charge >= 0.3 is 0 Å². The van der Waals surface area contributed by atoms with E-state index in [0.29, 0.717) is 11.4 Å².